The van der Waals surface area contributed by atoms with Gasteiger partial charge in [-0.3, -0.25) is 9.89 Å². The van der Waals surface area contributed by atoms with Gasteiger partial charge in [0.15, 0.2) is 11.5 Å². The number of nitrogens with zero attached hydrogens (tertiary/aromatic N) is 1. The third-order valence-corrected chi connectivity index (χ3v) is 4.40. The van der Waals surface area contributed by atoms with E-state index in [2.05, 4.69) is 10.2 Å². The van der Waals surface area contributed by atoms with Gasteiger partial charge in [0.1, 0.15) is 18.0 Å². The lowest BCUT2D eigenvalue weighted by Crippen LogP contribution is -2.10. The number of nitrogens with one attached hydrogen (secondary N) is 1. The summed E-state index contributed by atoms with van der Waals surface area (Å²) in [6, 6.07) is 7.03. The van der Waals surface area contributed by atoms with Crippen LogP contribution in [0, 0.1) is 20.8 Å². The third-order valence-electron chi connectivity index (χ3n) is 4.40. The van der Waals surface area contributed by atoms with Crippen molar-refractivity contribution in [2.75, 3.05) is 0 Å². The number of furan rings is 1. The summed E-state index contributed by atoms with van der Waals surface area (Å²) in [4.78, 5) is 24.2. The van der Waals surface area contributed by atoms with Gasteiger partial charge in [0.05, 0.1) is 6.26 Å². The Morgan fingerprint density at radius 1 is 1.19 bits per heavy atom. The highest BCUT2D eigenvalue weighted by Crippen LogP contribution is 2.24. The van der Waals surface area contributed by atoms with Gasteiger partial charge in [-0.2, -0.15) is 5.10 Å². The van der Waals surface area contributed by atoms with Crippen LogP contribution in [0.5, 0.6) is 0 Å². The Bertz CT molecular complexity index is 968. The van der Waals surface area contributed by atoms with Crippen molar-refractivity contribution in [2.24, 2.45) is 0 Å². The first-order valence-electron chi connectivity index (χ1n) is 8.25. The van der Waals surface area contributed by atoms with Crippen LogP contribution in [0.1, 0.15) is 50.0 Å². The number of esters is 1. The highest BCUT2D eigenvalue weighted by molar-refractivity contribution is 5.97. The van der Waals surface area contributed by atoms with Crippen molar-refractivity contribution in [3.63, 3.8) is 0 Å². The smallest absolute Gasteiger partial charge is 0.356 e. The Balaban J connectivity index is 1.78. The van der Waals surface area contributed by atoms with E-state index in [1.165, 1.54) is 6.26 Å². The molecule has 2 aromatic heterocycles. The molecule has 0 unspecified atom stereocenters. The number of hydrogen-bond acceptors (Lipinski definition) is 5. The molecule has 1 N–H and O–H groups in total. The predicted octanol–water partition coefficient (Wildman–Crippen LogP) is 4.15. The van der Waals surface area contributed by atoms with Crippen molar-refractivity contribution in [1.82, 2.24) is 10.2 Å². The first kappa shape index (κ1) is 17.7. The molecule has 0 radical (unpaired) electrons. The number of carbonyl (C=O) groups is 2. The van der Waals surface area contributed by atoms with Crippen LogP contribution in [0.4, 0.5) is 0 Å². The molecule has 3 rings (SSSR count). The van der Waals surface area contributed by atoms with Crippen molar-refractivity contribution in [2.45, 2.75) is 34.3 Å². The molecule has 0 atom stereocenters. The molecule has 1 aromatic carbocycles. The fourth-order valence-corrected chi connectivity index (χ4v) is 3.18. The fraction of sp³-hybridized carbons (Fsp3) is 0.250. The molecule has 0 aliphatic heterocycles. The van der Waals surface area contributed by atoms with Crippen LogP contribution in [-0.4, -0.2) is 21.9 Å². The second-order valence-corrected chi connectivity index (χ2v) is 6.27. The van der Waals surface area contributed by atoms with E-state index in [0.717, 1.165) is 22.3 Å². The Morgan fingerprint density at radius 3 is 2.62 bits per heavy atom. The lowest BCUT2D eigenvalue weighted by atomic mass is 9.92. The minimum absolute atomic E-state index is 0.00392. The summed E-state index contributed by atoms with van der Waals surface area (Å²) < 4.78 is 10.7. The normalized spacial score (nSPS) is 10.8. The van der Waals surface area contributed by atoms with E-state index in [1.807, 2.05) is 26.8 Å². The van der Waals surface area contributed by atoms with Crippen molar-refractivity contribution < 1.29 is 18.7 Å². The van der Waals surface area contributed by atoms with Gasteiger partial charge in [-0.05, 0) is 62.1 Å². The second kappa shape index (κ2) is 7.00. The molecule has 0 aliphatic rings. The molecular formula is C20H20N2O4. The number of ether oxygens (including phenoxy) is 1. The topological polar surface area (TPSA) is 85.2 Å². The molecule has 0 saturated carbocycles. The molecule has 134 valence electrons. The van der Waals surface area contributed by atoms with E-state index in [1.54, 1.807) is 25.1 Å². The lowest BCUT2D eigenvalue weighted by molar-refractivity contribution is 0.0464. The van der Waals surface area contributed by atoms with Gasteiger partial charge in [0.2, 0.25) is 0 Å². The summed E-state index contributed by atoms with van der Waals surface area (Å²) in [5.41, 5.74) is 5.07. The summed E-state index contributed by atoms with van der Waals surface area (Å²) in [5, 5.41) is 6.71. The summed E-state index contributed by atoms with van der Waals surface area (Å²) in [6.45, 7) is 7.37. The minimum atomic E-state index is -0.515. The van der Waals surface area contributed by atoms with E-state index < -0.39 is 5.97 Å². The second-order valence-electron chi connectivity index (χ2n) is 6.27. The van der Waals surface area contributed by atoms with Gasteiger partial charge in [0.25, 0.3) is 0 Å². The molecule has 0 saturated heterocycles. The van der Waals surface area contributed by atoms with Crippen LogP contribution in [-0.2, 0) is 11.3 Å². The third kappa shape index (κ3) is 3.31. The Kier molecular flexibility index (Phi) is 4.75. The van der Waals surface area contributed by atoms with E-state index in [-0.39, 0.29) is 18.1 Å². The largest absolute Gasteiger partial charge is 0.463 e. The first-order chi connectivity index (χ1) is 12.4. The minimum Gasteiger partial charge on any atom is -0.463 e. The number of aryl methyl sites for hydroxylation is 2. The predicted molar refractivity (Wildman–Crippen MR) is 96.1 cm³/mol. The average molecular weight is 352 g/mol. The molecule has 0 spiro atoms. The SMILES string of the molecule is CC(=O)c1c(C)cc(C)c(COC(=O)c2cc(-c3ccco3)n[nH]2)c1C. The zero-order valence-corrected chi connectivity index (χ0v) is 15.2. The summed E-state index contributed by atoms with van der Waals surface area (Å²) in [6.07, 6.45) is 1.54. The standard InChI is InChI=1S/C20H20N2O4/c1-11-8-12(2)19(14(4)23)13(3)15(11)10-26-20(24)17-9-16(21-22-17)18-6-5-7-25-18/h5-9H,10H2,1-4H3,(H,21,22). The zero-order valence-electron chi connectivity index (χ0n) is 15.2. The van der Waals surface area contributed by atoms with E-state index >= 15 is 0 Å². The number of benzene rings is 1. The summed E-state index contributed by atoms with van der Waals surface area (Å²) >= 11 is 0. The van der Waals surface area contributed by atoms with Crippen molar-refractivity contribution in [1.29, 1.82) is 0 Å². The lowest BCUT2D eigenvalue weighted by Gasteiger charge is -2.15. The number of ketones is 1. The number of aromatic amines is 1. The van der Waals surface area contributed by atoms with Gasteiger partial charge in [0, 0.05) is 11.6 Å². The molecule has 0 amide bonds. The monoisotopic (exact) mass is 352 g/mol. The number of rotatable bonds is 5. The van der Waals surface area contributed by atoms with Gasteiger partial charge >= 0.3 is 5.97 Å². The molecular weight excluding hydrogens is 332 g/mol. The molecule has 26 heavy (non-hydrogen) atoms. The number of Topliss-reactive ketones (excluding diaryl/α,β-unsaturated/α-hetero) is 1. The molecule has 0 fully saturated rings. The molecule has 0 bridgehead atoms. The Hall–Kier alpha value is -3.15. The average Bonchev–Trinajstić information content (AvgIpc) is 3.25. The Labute approximate surface area is 151 Å². The highest BCUT2D eigenvalue weighted by atomic mass is 16.5. The van der Waals surface area contributed by atoms with Crippen LogP contribution in [0.15, 0.2) is 34.9 Å². The summed E-state index contributed by atoms with van der Waals surface area (Å²) in [7, 11) is 0. The van der Waals surface area contributed by atoms with Crippen LogP contribution in [0.3, 0.4) is 0 Å². The van der Waals surface area contributed by atoms with Crippen molar-refractivity contribution in [3.05, 3.63) is 64.0 Å². The van der Waals surface area contributed by atoms with Crippen LogP contribution >= 0.6 is 0 Å². The Morgan fingerprint density at radius 2 is 1.96 bits per heavy atom. The molecule has 6 nitrogen and oxygen atoms in total. The number of hydrogen-bond donors (Lipinski definition) is 1. The van der Waals surface area contributed by atoms with Crippen molar-refractivity contribution in [3.8, 4) is 11.5 Å². The quantitative estimate of drug-likeness (QED) is 0.550. The van der Waals surface area contributed by atoms with Crippen molar-refractivity contribution >= 4 is 11.8 Å². The van der Waals surface area contributed by atoms with E-state index in [4.69, 9.17) is 9.15 Å². The molecule has 0 aliphatic carbocycles. The van der Waals surface area contributed by atoms with E-state index in [9.17, 15) is 9.59 Å². The molecule has 3 aromatic rings. The number of H-pyrrole nitrogens is 1. The highest BCUT2D eigenvalue weighted by Gasteiger charge is 2.18. The fourth-order valence-electron chi connectivity index (χ4n) is 3.18. The van der Waals surface area contributed by atoms with Crippen LogP contribution < -0.4 is 0 Å². The van der Waals surface area contributed by atoms with Gasteiger partial charge < -0.3 is 9.15 Å². The number of carbonyl (C=O) groups excluding carboxylic acids is 2. The summed E-state index contributed by atoms with van der Waals surface area (Å²) in [5.74, 6) is 0.0555. The van der Waals surface area contributed by atoms with Gasteiger partial charge in [-0.15, -0.1) is 0 Å². The zero-order chi connectivity index (χ0) is 18.8. The number of aromatic nitrogens is 2. The molecule has 6 heteroatoms. The van der Waals surface area contributed by atoms with Gasteiger partial charge in [-0.25, -0.2) is 4.79 Å². The maximum atomic E-state index is 12.3. The maximum Gasteiger partial charge on any atom is 0.356 e. The van der Waals surface area contributed by atoms with E-state index in [0.29, 0.717) is 17.0 Å². The first-order valence-corrected chi connectivity index (χ1v) is 8.25. The van der Waals surface area contributed by atoms with Gasteiger partial charge in [-0.1, -0.05) is 6.07 Å². The maximum absolute atomic E-state index is 12.3. The van der Waals surface area contributed by atoms with Crippen LogP contribution in [0.2, 0.25) is 0 Å². The van der Waals surface area contributed by atoms with Crippen LogP contribution in [0.25, 0.3) is 11.5 Å². The molecule has 2 heterocycles.